The van der Waals surface area contributed by atoms with Gasteiger partial charge < -0.3 is 15.5 Å². The van der Waals surface area contributed by atoms with Crippen molar-refractivity contribution in [2.75, 3.05) is 36.8 Å². The number of anilines is 2. The molecule has 21 heavy (non-hydrogen) atoms. The van der Waals surface area contributed by atoms with E-state index in [1.165, 1.54) is 32.4 Å². The smallest absolute Gasteiger partial charge is 0.168 e. The SMILES string of the molecule is Nc1nc(N2CCC(N3CCCCC3)CC2)c(F)cc1F. The Morgan fingerprint density at radius 1 is 1.00 bits per heavy atom. The van der Waals surface area contributed by atoms with E-state index in [0.29, 0.717) is 6.04 Å². The van der Waals surface area contributed by atoms with Gasteiger partial charge in [-0.25, -0.2) is 13.8 Å². The van der Waals surface area contributed by atoms with Crippen molar-refractivity contribution in [1.29, 1.82) is 0 Å². The molecule has 2 fully saturated rings. The van der Waals surface area contributed by atoms with Gasteiger partial charge in [-0.05, 0) is 38.8 Å². The average Bonchev–Trinajstić information content (AvgIpc) is 2.52. The van der Waals surface area contributed by atoms with Gasteiger partial charge in [0.1, 0.15) is 0 Å². The van der Waals surface area contributed by atoms with E-state index < -0.39 is 11.6 Å². The number of hydrogen-bond donors (Lipinski definition) is 1. The van der Waals surface area contributed by atoms with E-state index in [-0.39, 0.29) is 11.6 Å². The van der Waals surface area contributed by atoms with Gasteiger partial charge in [-0.1, -0.05) is 6.42 Å². The minimum Gasteiger partial charge on any atom is -0.381 e. The van der Waals surface area contributed by atoms with Crippen LogP contribution < -0.4 is 10.6 Å². The maximum Gasteiger partial charge on any atom is 0.168 e. The van der Waals surface area contributed by atoms with Gasteiger partial charge in [0.25, 0.3) is 0 Å². The van der Waals surface area contributed by atoms with Gasteiger partial charge in [0.2, 0.25) is 0 Å². The summed E-state index contributed by atoms with van der Waals surface area (Å²) in [5, 5.41) is 0. The third kappa shape index (κ3) is 3.10. The lowest BCUT2D eigenvalue weighted by atomic mass is 10.00. The maximum absolute atomic E-state index is 13.9. The fourth-order valence-electron chi connectivity index (χ4n) is 3.42. The quantitative estimate of drug-likeness (QED) is 0.910. The van der Waals surface area contributed by atoms with Crippen molar-refractivity contribution in [2.24, 2.45) is 0 Å². The fourth-order valence-corrected chi connectivity index (χ4v) is 3.42. The van der Waals surface area contributed by atoms with Crippen molar-refractivity contribution in [3.8, 4) is 0 Å². The van der Waals surface area contributed by atoms with E-state index in [1.54, 1.807) is 0 Å². The highest BCUT2D eigenvalue weighted by Gasteiger charge is 2.27. The Kier molecular flexibility index (Phi) is 4.24. The highest BCUT2D eigenvalue weighted by atomic mass is 19.1. The van der Waals surface area contributed by atoms with E-state index in [0.717, 1.165) is 32.0 Å². The summed E-state index contributed by atoms with van der Waals surface area (Å²) in [6.07, 6.45) is 5.89. The summed E-state index contributed by atoms with van der Waals surface area (Å²) in [6, 6.07) is 1.41. The lowest BCUT2D eigenvalue weighted by molar-refractivity contribution is 0.141. The zero-order valence-electron chi connectivity index (χ0n) is 12.2. The van der Waals surface area contributed by atoms with Crippen LogP contribution in [-0.4, -0.2) is 42.1 Å². The Morgan fingerprint density at radius 2 is 1.67 bits per heavy atom. The minimum atomic E-state index is -0.792. The van der Waals surface area contributed by atoms with Crippen LogP contribution in [-0.2, 0) is 0 Å². The lowest BCUT2D eigenvalue weighted by Crippen LogP contribution is -2.47. The van der Waals surface area contributed by atoms with Gasteiger partial charge in [0.15, 0.2) is 23.3 Å². The van der Waals surface area contributed by atoms with Crippen LogP contribution in [0, 0.1) is 11.6 Å². The molecule has 2 aliphatic heterocycles. The second-order valence-electron chi connectivity index (χ2n) is 5.98. The summed E-state index contributed by atoms with van der Waals surface area (Å²) >= 11 is 0. The second kappa shape index (κ2) is 6.13. The number of piperidine rings is 2. The summed E-state index contributed by atoms with van der Waals surface area (Å²) in [7, 11) is 0. The fraction of sp³-hybridized carbons (Fsp3) is 0.667. The first kappa shape index (κ1) is 14.5. The second-order valence-corrected chi connectivity index (χ2v) is 5.98. The molecule has 2 N–H and O–H groups in total. The number of halogens is 2. The largest absolute Gasteiger partial charge is 0.381 e. The van der Waals surface area contributed by atoms with Crippen LogP contribution in [0.5, 0.6) is 0 Å². The molecule has 0 saturated carbocycles. The summed E-state index contributed by atoms with van der Waals surface area (Å²) in [5.74, 6) is -1.46. The van der Waals surface area contributed by atoms with Gasteiger partial charge in [0.05, 0.1) is 0 Å². The van der Waals surface area contributed by atoms with Gasteiger partial charge in [-0.2, -0.15) is 0 Å². The van der Waals surface area contributed by atoms with E-state index in [4.69, 9.17) is 5.73 Å². The van der Waals surface area contributed by atoms with Crippen molar-refractivity contribution in [3.63, 3.8) is 0 Å². The molecule has 0 aliphatic carbocycles. The van der Waals surface area contributed by atoms with Crippen molar-refractivity contribution in [2.45, 2.75) is 38.1 Å². The molecular formula is C15H22F2N4. The number of hydrogen-bond acceptors (Lipinski definition) is 4. The summed E-state index contributed by atoms with van der Waals surface area (Å²) in [4.78, 5) is 8.31. The van der Waals surface area contributed by atoms with Crippen LogP contribution in [0.2, 0.25) is 0 Å². The van der Waals surface area contributed by atoms with Crippen LogP contribution in [0.4, 0.5) is 20.4 Å². The predicted molar refractivity (Wildman–Crippen MR) is 79.2 cm³/mol. The molecule has 6 heteroatoms. The molecule has 2 saturated heterocycles. The van der Waals surface area contributed by atoms with Gasteiger partial charge in [0, 0.05) is 25.2 Å². The summed E-state index contributed by atoms with van der Waals surface area (Å²) in [6.45, 7) is 3.86. The van der Waals surface area contributed by atoms with Crippen LogP contribution >= 0.6 is 0 Å². The van der Waals surface area contributed by atoms with Crippen LogP contribution in [0.15, 0.2) is 6.07 Å². The number of nitrogens with zero attached hydrogens (tertiary/aromatic N) is 3. The zero-order valence-corrected chi connectivity index (χ0v) is 12.2. The molecule has 0 spiro atoms. The minimum absolute atomic E-state index is 0.186. The highest BCUT2D eigenvalue weighted by molar-refractivity contribution is 5.47. The van der Waals surface area contributed by atoms with Crippen molar-refractivity contribution in [3.05, 3.63) is 17.7 Å². The maximum atomic E-state index is 13.9. The molecule has 0 unspecified atom stereocenters. The third-order valence-corrected chi connectivity index (χ3v) is 4.61. The normalized spacial score (nSPS) is 21.7. The van der Waals surface area contributed by atoms with E-state index >= 15 is 0 Å². The average molecular weight is 296 g/mol. The Morgan fingerprint density at radius 3 is 2.33 bits per heavy atom. The van der Waals surface area contributed by atoms with Crippen molar-refractivity contribution in [1.82, 2.24) is 9.88 Å². The van der Waals surface area contributed by atoms with Crippen LogP contribution in [0.25, 0.3) is 0 Å². The molecule has 4 nitrogen and oxygen atoms in total. The molecule has 0 radical (unpaired) electrons. The number of rotatable bonds is 2. The topological polar surface area (TPSA) is 45.4 Å². The third-order valence-electron chi connectivity index (χ3n) is 4.61. The summed E-state index contributed by atoms with van der Waals surface area (Å²) in [5.41, 5.74) is 5.45. The Bertz CT molecular complexity index is 495. The molecule has 0 bridgehead atoms. The van der Waals surface area contributed by atoms with Gasteiger partial charge in [-0.3, -0.25) is 0 Å². The van der Waals surface area contributed by atoms with E-state index in [1.807, 2.05) is 4.90 Å². The summed E-state index contributed by atoms with van der Waals surface area (Å²) < 4.78 is 27.0. The molecule has 1 aromatic rings. The molecule has 0 amide bonds. The molecule has 2 aliphatic rings. The van der Waals surface area contributed by atoms with Gasteiger partial charge >= 0.3 is 0 Å². The lowest BCUT2D eigenvalue weighted by Gasteiger charge is -2.40. The Balaban J connectivity index is 1.64. The van der Waals surface area contributed by atoms with Crippen LogP contribution in [0.3, 0.4) is 0 Å². The number of aromatic nitrogens is 1. The first-order chi connectivity index (χ1) is 10.1. The molecular weight excluding hydrogens is 274 g/mol. The van der Waals surface area contributed by atoms with E-state index in [9.17, 15) is 8.78 Å². The van der Waals surface area contributed by atoms with Crippen molar-refractivity contribution >= 4 is 11.6 Å². The number of pyridine rings is 1. The zero-order chi connectivity index (χ0) is 14.8. The van der Waals surface area contributed by atoms with Gasteiger partial charge in [-0.15, -0.1) is 0 Å². The number of likely N-dealkylation sites (tertiary alicyclic amines) is 1. The Labute approximate surface area is 123 Å². The number of nitrogens with two attached hydrogens (primary N) is 1. The molecule has 3 heterocycles. The predicted octanol–water partition coefficient (Wildman–Crippen LogP) is 2.40. The Hall–Kier alpha value is -1.43. The highest BCUT2D eigenvalue weighted by Crippen LogP contribution is 2.26. The monoisotopic (exact) mass is 296 g/mol. The first-order valence-corrected chi connectivity index (χ1v) is 7.75. The molecule has 116 valence electrons. The standard InChI is InChI=1S/C15H22F2N4/c16-12-10-13(17)15(19-14(12)18)21-8-4-11(5-9-21)20-6-2-1-3-7-20/h10-11H,1-9H2,(H2,18,19). The number of nitrogen functional groups attached to an aromatic ring is 1. The van der Waals surface area contributed by atoms with Crippen LogP contribution in [0.1, 0.15) is 32.1 Å². The molecule has 3 rings (SSSR count). The first-order valence-electron chi connectivity index (χ1n) is 7.75. The molecule has 1 aromatic heterocycles. The molecule has 0 aromatic carbocycles. The van der Waals surface area contributed by atoms with Crippen molar-refractivity contribution < 1.29 is 8.78 Å². The van der Waals surface area contributed by atoms with E-state index in [2.05, 4.69) is 9.88 Å². The molecule has 0 atom stereocenters.